The van der Waals surface area contributed by atoms with Gasteiger partial charge in [-0.3, -0.25) is 9.80 Å². The van der Waals surface area contributed by atoms with Crippen LogP contribution in [0, 0.1) is 0 Å². The number of alkyl halides is 3. The van der Waals surface area contributed by atoms with Gasteiger partial charge in [-0.05, 0) is 41.8 Å². The van der Waals surface area contributed by atoms with Gasteiger partial charge in [0, 0.05) is 45.4 Å². The zero-order valence-electron chi connectivity index (χ0n) is 16.5. The van der Waals surface area contributed by atoms with Crippen LogP contribution in [0.2, 0.25) is 0 Å². The summed E-state index contributed by atoms with van der Waals surface area (Å²) in [5, 5.41) is 9.50. The second-order valence-corrected chi connectivity index (χ2v) is 7.42. The molecule has 0 spiro atoms. The molecule has 1 saturated heterocycles. The van der Waals surface area contributed by atoms with E-state index in [1.54, 1.807) is 19.2 Å². The molecular weight excluding hydrogens is 381 g/mol. The van der Waals surface area contributed by atoms with E-state index in [4.69, 9.17) is 4.74 Å². The lowest BCUT2D eigenvalue weighted by atomic mass is 10.1. The van der Waals surface area contributed by atoms with Gasteiger partial charge < -0.3 is 9.84 Å². The molecule has 1 N–H and O–H groups in total. The second-order valence-electron chi connectivity index (χ2n) is 7.42. The predicted octanol–water partition coefficient (Wildman–Crippen LogP) is 3.78. The number of hydrogen-bond acceptors (Lipinski definition) is 4. The van der Waals surface area contributed by atoms with Crippen molar-refractivity contribution < 1.29 is 23.0 Å². The molecule has 158 valence electrons. The molecule has 1 aliphatic heterocycles. The Morgan fingerprint density at radius 3 is 2.45 bits per heavy atom. The van der Waals surface area contributed by atoms with Crippen LogP contribution in [0.4, 0.5) is 13.2 Å². The average Bonchev–Trinajstić information content (AvgIpc) is 2.70. The van der Waals surface area contributed by atoms with E-state index in [-0.39, 0.29) is 12.6 Å². The maximum absolute atomic E-state index is 12.7. The molecule has 0 aromatic heterocycles. The Morgan fingerprint density at radius 1 is 1.03 bits per heavy atom. The maximum atomic E-state index is 12.7. The summed E-state index contributed by atoms with van der Waals surface area (Å²) in [4.78, 5) is 4.60. The molecule has 1 fully saturated rings. The van der Waals surface area contributed by atoms with Crippen molar-refractivity contribution in [1.29, 1.82) is 0 Å². The lowest BCUT2D eigenvalue weighted by Crippen LogP contribution is -2.52. The molecule has 0 unspecified atom stereocenters. The molecule has 4 nitrogen and oxygen atoms in total. The monoisotopic (exact) mass is 408 g/mol. The fraction of sp³-hybridized carbons (Fsp3) is 0.455. The van der Waals surface area contributed by atoms with Gasteiger partial charge in [0.2, 0.25) is 0 Å². The summed E-state index contributed by atoms with van der Waals surface area (Å²) in [5.41, 5.74) is 1.40. The van der Waals surface area contributed by atoms with Gasteiger partial charge >= 0.3 is 6.18 Å². The lowest BCUT2D eigenvalue weighted by molar-refractivity contribution is -0.137. The molecule has 0 saturated carbocycles. The summed E-state index contributed by atoms with van der Waals surface area (Å²) in [6.45, 7) is 3.91. The molecule has 0 bridgehead atoms. The lowest BCUT2D eigenvalue weighted by Gasteiger charge is -2.41. The first-order valence-corrected chi connectivity index (χ1v) is 9.75. The molecule has 1 aliphatic rings. The number of aliphatic hydroxyl groups is 1. The van der Waals surface area contributed by atoms with Gasteiger partial charge in [0.1, 0.15) is 5.75 Å². The Morgan fingerprint density at radius 2 is 1.79 bits per heavy atom. The highest BCUT2D eigenvalue weighted by atomic mass is 19.4. The Labute approximate surface area is 169 Å². The van der Waals surface area contributed by atoms with Gasteiger partial charge in [-0.25, -0.2) is 0 Å². The first-order chi connectivity index (χ1) is 13.9. The number of rotatable bonds is 7. The number of benzene rings is 2. The number of ether oxygens (including phenoxy) is 1. The zero-order valence-corrected chi connectivity index (χ0v) is 16.5. The minimum atomic E-state index is -4.31. The van der Waals surface area contributed by atoms with E-state index in [1.807, 2.05) is 18.2 Å². The summed E-state index contributed by atoms with van der Waals surface area (Å²) in [6, 6.07) is 13.5. The largest absolute Gasteiger partial charge is 0.497 e. The molecule has 2 aromatic carbocycles. The van der Waals surface area contributed by atoms with Crippen molar-refractivity contribution in [2.75, 3.05) is 33.4 Å². The summed E-state index contributed by atoms with van der Waals surface area (Å²) in [5.74, 6) is 0.821. The highest BCUT2D eigenvalue weighted by Gasteiger charge is 2.30. The summed E-state index contributed by atoms with van der Waals surface area (Å²) in [6.07, 6.45) is -3.65. The Hall–Kier alpha value is -2.09. The highest BCUT2D eigenvalue weighted by molar-refractivity contribution is 5.28. The normalized spacial score (nSPS) is 18.7. The highest BCUT2D eigenvalue weighted by Crippen LogP contribution is 2.29. The van der Waals surface area contributed by atoms with Crippen molar-refractivity contribution in [1.82, 2.24) is 9.80 Å². The van der Waals surface area contributed by atoms with Crippen molar-refractivity contribution in [2.45, 2.75) is 31.7 Å². The van der Waals surface area contributed by atoms with Crippen molar-refractivity contribution in [2.24, 2.45) is 0 Å². The summed E-state index contributed by atoms with van der Waals surface area (Å²) < 4.78 is 43.5. The van der Waals surface area contributed by atoms with Crippen LogP contribution < -0.4 is 4.74 Å². The number of methoxy groups -OCH3 is 1. The zero-order chi connectivity index (χ0) is 20.9. The predicted molar refractivity (Wildman–Crippen MR) is 106 cm³/mol. The molecule has 1 atom stereocenters. The summed E-state index contributed by atoms with van der Waals surface area (Å²) in [7, 11) is 1.65. The minimum Gasteiger partial charge on any atom is -0.497 e. The van der Waals surface area contributed by atoms with Gasteiger partial charge in [0.05, 0.1) is 12.7 Å². The van der Waals surface area contributed by atoms with Crippen molar-refractivity contribution in [3.63, 3.8) is 0 Å². The third kappa shape index (κ3) is 5.95. The molecule has 0 radical (unpaired) electrons. The van der Waals surface area contributed by atoms with Gasteiger partial charge in [0.25, 0.3) is 0 Å². The van der Waals surface area contributed by atoms with Gasteiger partial charge in [-0.2, -0.15) is 13.2 Å². The van der Waals surface area contributed by atoms with E-state index in [0.29, 0.717) is 13.0 Å². The van der Waals surface area contributed by atoms with Gasteiger partial charge in [-0.15, -0.1) is 0 Å². The number of piperazine rings is 1. The van der Waals surface area contributed by atoms with Crippen molar-refractivity contribution >= 4 is 0 Å². The molecule has 7 heteroatoms. The van der Waals surface area contributed by atoms with E-state index < -0.39 is 11.7 Å². The standard InChI is InChI=1S/C22H27F3N2O2/c1-29-21-4-2-3-18(13-21)15-27-11-10-26(16-20(27)9-12-28)14-17-5-7-19(8-6-17)22(23,24)25/h2-8,13,20,28H,9-12,14-16H2,1H3/t20-/m1/s1. The van der Waals surface area contributed by atoms with Gasteiger partial charge in [-0.1, -0.05) is 24.3 Å². The first kappa shape index (κ1) is 21.6. The molecule has 3 rings (SSSR count). The van der Waals surface area contributed by atoms with Crippen LogP contribution in [0.25, 0.3) is 0 Å². The Kier molecular flexibility index (Phi) is 7.16. The molecule has 2 aromatic rings. The Balaban J connectivity index is 1.62. The molecular formula is C22H27F3N2O2. The van der Waals surface area contributed by atoms with E-state index >= 15 is 0 Å². The van der Waals surface area contributed by atoms with E-state index in [1.165, 1.54) is 0 Å². The van der Waals surface area contributed by atoms with Crippen LogP contribution in [-0.2, 0) is 19.3 Å². The number of halogens is 3. The van der Waals surface area contributed by atoms with Crippen LogP contribution >= 0.6 is 0 Å². The fourth-order valence-corrected chi connectivity index (χ4v) is 3.79. The number of nitrogens with zero attached hydrogens (tertiary/aromatic N) is 2. The number of aliphatic hydroxyl groups excluding tert-OH is 1. The smallest absolute Gasteiger partial charge is 0.416 e. The maximum Gasteiger partial charge on any atom is 0.416 e. The van der Waals surface area contributed by atoms with E-state index in [0.717, 1.165) is 55.2 Å². The Bertz CT molecular complexity index is 780. The number of hydrogen-bond donors (Lipinski definition) is 1. The van der Waals surface area contributed by atoms with Crippen molar-refractivity contribution in [3.8, 4) is 5.75 Å². The van der Waals surface area contributed by atoms with Crippen molar-refractivity contribution in [3.05, 3.63) is 65.2 Å². The van der Waals surface area contributed by atoms with E-state index in [2.05, 4.69) is 15.9 Å². The van der Waals surface area contributed by atoms with Crippen LogP contribution in [0.15, 0.2) is 48.5 Å². The molecule has 0 amide bonds. The topological polar surface area (TPSA) is 35.9 Å². The fourth-order valence-electron chi connectivity index (χ4n) is 3.79. The van der Waals surface area contributed by atoms with Crippen LogP contribution in [0.1, 0.15) is 23.1 Å². The molecule has 29 heavy (non-hydrogen) atoms. The molecule has 0 aliphatic carbocycles. The van der Waals surface area contributed by atoms with Crippen LogP contribution in [0.5, 0.6) is 5.75 Å². The minimum absolute atomic E-state index is 0.105. The average molecular weight is 408 g/mol. The SMILES string of the molecule is COc1cccc(CN2CCN(Cc3ccc(C(F)(F)F)cc3)C[C@H]2CCO)c1. The van der Waals surface area contributed by atoms with Gasteiger partial charge in [0.15, 0.2) is 0 Å². The quantitative estimate of drug-likeness (QED) is 0.757. The molecule has 1 heterocycles. The first-order valence-electron chi connectivity index (χ1n) is 9.75. The third-order valence-electron chi connectivity index (χ3n) is 5.36. The van der Waals surface area contributed by atoms with Crippen LogP contribution in [0.3, 0.4) is 0 Å². The van der Waals surface area contributed by atoms with Crippen LogP contribution in [-0.4, -0.2) is 54.3 Å². The summed E-state index contributed by atoms with van der Waals surface area (Å²) >= 11 is 0. The third-order valence-corrected chi connectivity index (χ3v) is 5.36. The second kappa shape index (κ2) is 9.61. The van der Waals surface area contributed by atoms with E-state index in [9.17, 15) is 18.3 Å².